The van der Waals surface area contributed by atoms with Crippen LogP contribution in [0.3, 0.4) is 0 Å². The van der Waals surface area contributed by atoms with Gasteiger partial charge in [-0.05, 0) is 60.0 Å². The highest BCUT2D eigenvalue weighted by Gasteiger charge is 2.47. The number of ether oxygens (including phenoxy) is 1. The number of halogens is 1. The smallest absolute Gasteiger partial charge is 0.411 e. The molecule has 2 heterocycles. The molecule has 0 bridgehead atoms. The van der Waals surface area contributed by atoms with Crippen LogP contribution in [0.2, 0.25) is 5.02 Å². The van der Waals surface area contributed by atoms with Crippen LogP contribution in [0, 0.1) is 6.92 Å². The van der Waals surface area contributed by atoms with E-state index in [1.807, 2.05) is 37.3 Å². The van der Waals surface area contributed by atoms with Crippen LogP contribution < -0.4 is 10.6 Å². The summed E-state index contributed by atoms with van der Waals surface area (Å²) >= 11 is 6.03. The number of carbonyl (C=O) groups excluding carboxylic acids is 3. The van der Waals surface area contributed by atoms with Crippen molar-refractivity contribution in [3.05, 3.63) is 130 Å². The fourth-order valence-electron chi connectivity index (χ4n) is 4.52. The molecule has 1 aliphatic rings. The Bertz CT molecular complexity index is 1530. The van der Waals surface area contributed by atoms with Gasteiger partial charge in [-0.15, -0.1) is 0 Å². The highest BCUT2D eigenvalue weighted by atomic mass is 35.5. The topological polar surface area (TPSA) is 101 Å². The molecule has 1 aliphatic heterocycles. The van der Waals surface area contributed by atoms with Crippen molar-refractivity contribution in [3.8, 4) is 0 Å². The largest absolute Gasteiger partial charge is 0.438 e. The molecule has 2 N–H and O–H groups in total. The van der Waals surface area contributed by atoms with Crippen LogP contribution in [0.25, 0.3) is 0 Å². The van der Waals surface area contributed by atoms with Crippen molar-refractivity contribution < 1.29 is 19.1 Å². The summed E-state index contributed by atoms with van der Waals surface area (Å²) < 4.78 is 5.79. The predicted octanol–water partition coefficient (Wildman–Crippen LogP) is 5.67. The van der Waals surface area contributed by atoms with E-state index >= 15 is 0 Å². The Morgan fingerprint density at radius 2 is 1.77 bits per heavy atom. The minimum absolute atomic E-state index is 0.200. The van der Waals surface area contributed by atoms with E-state index in [0.29, 0.717) is 21.8 Å². The summed E-state index contributed by atoms with van der Waals surface area (Å²) in [6.07, 6.45) is 1.84. The average molecular weight is 555 g/mol. The summed E-state index contributed by atoms with van der Waals surface area (Å²) in [6.45, 7) is 2.43. The molecule has 2 unspecified atom stereocenters. The van der Waals surface area contributed by atoms with Crippen LogP contribution in [0.4, 0.5) is 10.5 Å². The molecule has 0 radical (unpaired) electrons. The molecule has 1 aromatic heterocycles. The molecular formula is C31H27ClN4O4. The SMILES string of the molecule is Cc1ccc(CN2C(=O)OC(c3cccc(NC(=O)c4cccc(Cl)c4)c3)C2C(=O)NCc2cccnc2)cc1. The summed E-state index contributed by atoms with van der Waals surface area (Å²) in [6, 6.07) is 24.0. The first kappa shape index (κ1) is 26.9. The Hall–Kier alpha value is -4.69. The number of cyclic esters (lactones) is 1. The van der Waals surface area contributed by atoms with Crippen LogP contribution in [0.5, 0.6) is 0 Å². The number of benzene rings is 3. The van der Waals surface area contributed by atoms with E-state index < -0.39 is 18.2 Å². The molecule has 40 heavy (non-hydrogen) atoms. The number of aryl methyl sites for hydroxylation is 1. The van der Waals surface area contributed by atoms with Gasteiger partial charge in [-0.3, -0.25) is 19.5 Å². The van der Waals surface area contributed by atoms with E-state index in [4.69, 9.17) is 16.3 Å². The van der Waals surface area contributed by atoms with Gasteiger partial charge in [-0.25, -0.2) is 4.79 Å². The van der Waals surface area contributed by atoms with Gasteiger partial charge in [0, 0.05) is 35.2 Å². The Kier molecular flexibility index (Phi) is 8.07. The van der Waals surface area contributed by atoms with E-state index in [9.17, 15) is 14.4 Å². The molecule has 0 aliphatic carbocycles. The second-order valence-electron chi connectivity index (χ2n) is 9.53. The van der Waals surface area contributed by atoms with Gasteiger partial charge in [0.25, 0.3) is 5.91 Å². The molecule has 0 spiro atoms. The van der Waals surface area contributed by atoms with Gasteiger partial charge in [0.05, 0.1) is 6.54 Å². The summed E-state index contributed by atoms with van der Waals surface area (Å²) in [7, 11) is 0. The van der Waals surface area contributed by atoms with Crippen molar-refractivity contribution in [1.82, 2.24) is 15.2 Å². The Morgan fingerprint density at radius 3 is 2.52 bits per heavy atom. The highest BCUT2D eigenvalue weighted by Crippen LogP contribution is 2.35. The minimum atomic E-state index is -0.940. The molecule has 1 saturated heterocycles. The first-order chi connectivity index (χ1) is 19.4. The first-order valence-corrected chi connectivity index (χ1v) is 13.1. The molecule has 0 saturated carbocycles. The molecule has 3 aromatic carbocycles. The zero-order chi connectivity index (χ0) is 28.1. The van der Waals surface area contributed by atoms with E-state index in [1.165, 1.54) is 4.90 Å². The van der Waals surface area contributed by atoms with Gasteiger partial charge in [0.2, 0.25) is 5.91 Å². The zero-order valence-corrected chi connectivity index (χ0v) is 22.5. The van der Waals surface area contributed by atoms with Gasteiger partial charge in [-0.1, -0.05) is 65.7 Å². The molecule has 4 aromatic rings. The number of anilines is 1. The lowest BCUT2D eigenvalue weighted by atomic mass is 9.99. The molecule has 9 heteroatoms. The third kappa shape index (κ3) is 6.30. The average Bonchev–Trinajstić information content (AvgIpc) is 3.29. The number of hydrogen-bond acceptors (Lipinski definition) is 5. The van der Waals surface area contributed by atoms with Crippen LogP contribution in [-0.4, -0.2) is 33.8 Å². The highest BCUT2D eigenvalue weighted by molar-refractivity contribution is 6.31. The minimum Gasteiger partial charge on any atom is -0.438 e. The number of aromatic nitrogens is 1. The molecule has 8 nitrogen and oxygen atoms in total. The maximum Gasteiger partial charge on any atom is 0.411 e. The van der Waals surface area contributed by atoms with E-state index in [0.717, 1.165) is 16.7 Å². The number of pyridine rings is 1. The van der Waals surface area contributed by atoms with E-state index in [-0.39, 0.29) is 24.9 Å². The molecular weight excluding hydrogens is 528 g/mol. The van der Waals surface area contributed by atoms with Crippen LogP contribution in [-0.2, 0) is 22.6 Å². The van der Waals surface area contributed by atoms with Crippen LogP contribution >= 0.6 is 11.6 Å². The lowest BCUT2D eigenvalue weighted by molar-refractivity contribution is -0.126. The molecule has 202 valence electrons. The van der Waals surface area contributed by atoms with Gasteiger partial charge < -0.3 is 15.4 Å². The van der Waals surface area contributed by atoms with Crippen molar-refractivity contribution >= 4 is 35.2 Å². The molecule has 2 atom stereocenters. The van der Waals surface area contributed by atoms with Crippen molar-refractivity contribution in [3.63, 3.8) is 0 Å². The van der Waals surface area contributed by atoms with Crippen molar-refractivity contribution in [2.45, 2.75) is 32.2 Å². The third-order valence-corrected chi connectivity index (χ3v) is 6.81. The Balaban J connectivity index is 1.40. The maximum atomic E-state index is 13.6. The molecule has 5 rings (SSSR count). The predicted molar refractivity (Wildman–Crippen MR) is 152 cm³/mol. The third-order valence-electron chi connectivity index (χ3n) is 6.58. The van der Waals surface area contributed by atoms with Crippen molar-refractivity contribution in [1.29, 1.82) is 0 Å². The lowest BCUT2D eigenvalue weighted by Gasteiger charge is -2.24. The first-order valence-electron chi connectivity index (χ1n) is 12.7. The number of carbonyl (C=O) groups is 3. The number of nitrogens with zero attached hydrogens (tertiary/aromatic N) is 2. The number of rotatable bonds is 8. The normalized spacial score (nSPS) is 16.4. The monoisotopic (exact) mass is 554 g/mol. The summed E-state index contributed by atoms with van der Waals surface area (Å²) in [5, 5.41) is 6.22. The molecule has 3 amide bonds. The van der Waals surface area contributed by atoms with Gasteiger partial charge in [0.15, 0.2) is 12.1 Å². The van der Waals surface area contributed by atoms with Crippen LogP contribution in [0.15, 0.2) is 97.3 Å². The number of nitrogens with one attached hydrogen (secondary N) is 2. The lowest BCUT2D eigenvalue weighted by Crippen LogP contribution is -2.46. The van der Waals surface area contributed by atoms with Crippen molar-refractivity contribution in [2.24, 2.45) is 0 Å². The quantitative estimate of drug-likeness (QED) is 0.292. The van der Waals surface area contributed by atoms with Gasteiger partial charge in [0.1, 0.15) is 0 Å². The van der Waals surface area contributed by atoms with Crippen LogP contribution in [0.1, 0.15) is 38.7 Å². The fraction of sp³-hybridized carbons (Fsp3) is 0.161. The molecule has 1 fully saturated rings. The van der Waals surface area contributed by atoms with Crippen molar-refractivity contribution in [2.75, 3.05) is 5.32 Å². The van der Waals surface area contributed by atoms with Gasteiger partial charge >= 0.3 is 6.09 Å². The summed E-state index contributed by atoms with van der Waals surface area (Å²) in [4.78, 5) is 45.0. The summed E-state index contributed by atoms with van der Waals surface area (Å²) in [5.41, 5.74) is 4.26. The van der Waals surface area contributed by atoms with E-state index in [1.54, 1.807) is 67.0 Å². The fourth-order valence-corrected chi connectivity index (χ4v) is 4.71. The maximum absolute atomic E-state index is 13.6. The zero-order valence-electron chi connectivity index (χ0n) is 21.7. The number of amides is 3. The second-order valence-corrected chi connectivity index (χ2v) is 9.97. The summed E-state index contributed by atoms with van der Waals surface area (Å²) in [5.74, 6) is -0.699. The Morgan fingerprint density at radius 1 is 0.975 bits per heavy atom. The van der Waals surface area contributed by atoms with Gasteiger partial charge in [-0.2, -0.15) is 0 Å². The van der Waals surface area contributed by atoms with E-state index in [2.05, 4.69) is 15.6 Å². The Labute approximate surface area is 236 Å². The second kappa shape index (κ2) is 12.0. The standard InChI is InChI=1S/C31H27ClN4O4/c1-20-10-12-21(13-11-20)19-36-27(30(38)34-18-22-5-4-14-33-17-22)28(40-31(36)39)23-6-3-9-26(16-23)35-29(37)24-7-2-8-25(32)15-24/h2-17,27-28H,18-19H2,1H3,(H,34,38)(H,35,37). The number of hydrogen-bond donors (Lipinski definition) is 2.